The molecule has 8 heteroatoms. The van der Waals surface area contributed by atoms with Crippen LogP contribution in [-0.2, 0) is 10.0 Å². The maximum absolute atomic E-state index is 12.1. The summed E-state index contributed by atoms with van der Waals surface area (Å²) in [7, 11) is -3.69. The van der Waals surface area contributed by atoms with Gasteiger partial charge in [0.2, 0.25) is 10.0 Å². The zero-order valence-electron chi connectivity index (χ0n) is 12.4. The molecule has 122 valence electrons. The van der Waals surface area contributed by atoms with E-state index in [9.17, 15) is 18.0 Å². The number of carbonyl (C=O) groups is 2. The average Bonchev–Trinajstić information content (AvgIpc) is 3.06. The summed E-state index contributed by atoms with van der Waals surface area (Å²) in [4.78, 5) is 22.8. The van der Waals surface area contributed by atoms with Crippen molar-refractivity contribution < 1.29 is 22.4 Å². The number of sulfonamides is 1. The summed E-state index contributed by atoms with van der Waals surface area (Å²) in [6.45, 7) is 1.55. The SMILES string of the molecule is CC(=O)c1ccc(S(=O)(=O)NCCNC(=O)c2ccco2)cc1. The molecule has 0 unspecified atom stereocenters. The van der Waals surface area contributed by atoms with Crippen LogP contribution < -0.4 is 10.0 Å². The van der Waals surface area contributed by atoms with Crippen LogP contribution in [0.25, 0.3) is 0 Å². The number of hydrogen-bond acceptors (Lipinski definition) is 5. The fourth-order valence-corrected chi connectivity index (χ4v) is 2.84. The minimum atomic E-state index is -3.69. The van der Waals surface area contributed by atoms with Gasteiger partial charge < -0.3 is 9.73 Å². The normalized spacial score (nSPS) is 11.2. The van der Waals surface area contributed by atoms with E-state index in [-0.39, 0.29) is 29.5 Å². The highest BCUT2D eigenvalue weighted by atomic mass is 32.2. The maximum Gasteiger partial charge on any atom is 0.287 e. The first-order valence-corrected chi connectivity index (χ1v) is 8.31. The predicted octanol–water partition coefficient (Wildman–Crippen LogP) is 1.19. The van der Waals surface area contributed by atoms with Crippen molar-refractivity contribution in [3.05, 3.63) is 54.0 Å². The van der Waals surface area contributed by atoms with E-state index in [1.807, 2.05) is 0 Å². The van der Waals surface area contributed by atoms with Crippen molar-refractivity contribution >= 4 is 21.7 Å². The minimum Gasteiger partial charge on any atom is -0.459 e. The summed E-state index contributed by atoms with van der Waals surface area (Å²) in [6, 6.07) is 8.73. The Labute approximate surface area is 133 Å². The van der Waals surface area contributed by atoms with Crippen LogP contribution >= 0.6 is 0 Å². The van der Waals surface area contributed by atoms with Gasteiger partial charge in [0.05, 0.1) is 11.2 Å². The van der Waals surface area contributed by atoms with Gasteiger partial charge in [0, 0.05) is 18.7 Å². The van der Waals surface area contributed by atoms with Gasteiger partial charge in [-0.25, -0.2) is 13.1 Å². The number of amides is 1. The highest BCUT2D eigenvalue weighted by molar-refractivity contribution is 7.89. The zero-order valence-corrected chi connectivity index (χ0v) is 13.2. The second-order valence-electron chi connectivity index (χ2n) is 4.71. The zero-order chi connectivity index (χ0) is 16.9. The van der Waals surface area contributed by atoms with Crippen LogP contribution in [0.1, 0.15) is 27.8 Å². The van der Waals surface area contributed by atoms with Crippen LogP contribution in [0, 0.1) is 0 Å². The summed E-state index contributed by atoms with van der Waals surface area (Å²) in [5, 5.41) is 2.53. The Kier molecular flexibility index (Phi) is 5.30. The molecular weight excluding hydrogens is 320 g/mol. The Morgan fingerprint density at radius 2 is 1.78 bits per heavy atom. The first-order chi connectivity index (χ1) is 10.9. The highest BCUT2D eigenvalue weighted by Gasteiger charge is 2.14. The third kappa shape index (κ3) is 4.51. The second-order valence-corrected chi connectivity index (χ2v) is 6.48. The Balaban J connectivity index is 1.86. The van der Waals surface area contributed by atoms with Gasteiger partial charge in [0.15, 0.2) is 11.5 Å². The average molecular weight is 336 g/mol. The Bertz CT molecular complexity index is 780. The lowest BCUT2D eigenvalue weighted by Crippen LogP contribution is -2.34. The second kappa shape index (κ2) is 7.21. The minimum absolute atomic E-state index is 0.0310. The molecule has 0 fully saturated rings. The van der Waals surface area contributed by atoms with Crippen molar-refractivity contribution in [2.45, 2.75) is 11.8 Å². The largest absolute Gasteiger partial charge is 0.459 e. The van der Waals surface area contributed by atoms with Gasteiger partial charge in [-0.05, 0) is 31.2 Å². The van der Waals surface area contributed by atoms with Crippen molar-refractivity contribution in [3.63, 3.8) is 0 Å². The third-order valence-electron chi connectivity index (χ3n) is 3.02. The van der Waals surface area contributed by atoms with Gasteiger partial charge in [-0.3, -0.25) is 9.59 Å². The monoisotopic (exact) mass is 336 g/mol. The predicted molar refractivity (Wildman–Crippen MR) is 82.7 cm³/mol. The van der Waals surface area contributed by atoms with E-state index in [1.54, 1.807) is 6.07 Å². The summed E-state index contributed by atoms with van der Waals surface area (Å²) < 4.78 is 31.4. The lowest BCUT2D eigenvalue weighted by molar-refractivity contribution is 0.0926. The highest BCUT2D eigenvalue weighted by Crippen LogP contribution is 2.10. The van der Waals surface area contributed by atoms with Crippen molar-refractivity contribution in [2.75, 3.05) is 13.1 Å². The van der Waals surface area contributed by atoms with Crippen LogP contribution in [0.2, 0.25) is 0 Å². The van der Waals surface area contributed by atoms with E-state index >= 15 is 0 Å². The molecule has 0 radical (unpaired) electrons. The summed E-state index contributed by atoms with van der Waals surface area (Å²) in [5.41, 5.74) is 0.440. The lowest BCUT2D eigenvalue weighted by atomic mass is 10.2. The van der Waals surface area contributed by atoms with E-state index in [4.69, 9.17) is 4.42 Å². The first-order valence-electron chi connectivity index (χ1n) is 6.82. The maximum atomic E-state index is 12.1. The molecule has 0 aliphatic heterocycles. The molecule has 0 spiro atoms. The fraction of sp³-hybridized carbons (Fsp3) is 0.200. The Hall–Kier alpha value is -2.45. The molecule has 1 amide bonds. The molecule has 2 rings (SSSR count). The van der Waals surface area contributed by atoms with Crippen LogP contribution in [0.4, 0.5) is 0 Å². The molecule has 0 aliphatic rings. The molecular formula is C15H16N2O5S. The van der Waals surface area contributed by atoms with Crippen molar-refractivity contribution in [1.82, 2.24) is 10.0 Å². The first kappa shape index (κ1) is 16.9. The molecule has 0 bridgehead atoms. The molecule has 1 heterocycles. The summed E-state index contributed by atoms with van der Waals surface area (Å²) in [6.07, 6.45) is 1.38. The standard InChI is InChI=1S/C15H16N2O5S/c1-11(18)12-4-6-13(7-5-12)23(20,21)17-9-8-16-15(19)14-3-2-10-22-14/h2-7,10,17H,8-9H2,1H3,(H,16,19). The van der Waals surface area contributed by atoms with Gasteiger partial charge in [0.25, 0.3) is 5.91 Å². The van der Waals surface area contributed by atoms with Crippen LogP contribution in [0.5, 0.6) is 0 Å². The molecule has 7 nitrogen and oxygen atoms in total. The number of Topliss-reactive ketones (excluding diaryl/α,β-unsaturated/α-hetero) is 1. The molecule has 1 aromatic carbocycles. The van der Waals surface area contributed by atoms with Gasteiger partial charge in [-0.2, -0.15) is 0 Å². The number of hydrogen-bond donors (Lipinski definition) is 2. The van der Waals surface area contributed by atoms with Gasteiger partial charge >= 0.3 is 0 Å². The fourth-order valence-electron chi connectivity index (χ4n) is 1.81. The molecule has 0 atom stereocenters. The van der Waals surface area contributed by atoms with E-state index in [1.165, 1.54) is 43.5 Å². The Morgan fingerprint density at radius 1 is 1.09 bits per heavy atom. The number of benzene rings is 1. The van der Waals surface area contributed by atoms with E-state index < -0.39 is 15.9 Å². The summed E-state index contributed by atoms with van der Waals surface area (Å²) >= 11 is 0. The van der Waals surface area contributed by atoms with Gasteiger partial charge in [-0.15, -0.1) is 0 Å². The molecule has 1 aromatic heterocycles. The van der Waals surface area contributed by atoms with Crippen LogP contribution in [-0.4, -0.2) is 33.2 Å². The molecule has 0 aliphatic carbocycles. The molecule has 0 saturated carbocycles. The van der Waals surface area contributed by atoms with E-state index in [2.05, 4.69) is 10.0 Å². The third-order valence-corrected chi connectivity index (χ3v) is 4.50. The molecule has 2 aromatic rings. The number of nitrogens with one attached hydrogen (secondary N) is 2. The van der Waals surface area contributed by atoms with Crippen molar-refractivity contribution in [3.8, 4) is 0 Å². The summed E-state index contributed by atoms with van der Waals surface area (Å²) in [5.74, 6) is -0.393. The molecule has 0 saturated heterocycles. The van der Waals surface area contributed by atoms with E-state index in [0.717, 1.165) is 0 Å². The van der Waals surface area contributed by atoms with E-state index in [0.29, 0.717) is 5.56 Å². The number of rotatable bonds is 7. The molecule has 2 N–H and O–H groups in total. The topological polar surface area (TPSA) is 105 Å². The van der Waals surface area contributed by atoms with Gasteiger partial charge in [-0.1, -0.05) is 12.1 Å². The number of carbonyl (C=O) groups excluding carboxylic acids is 2. The Morgan fingerprint density at radius 3 is 2.35 bits per heavy atom. The molecule has 23 heavy (non-hydrogen) atoms. The van der Waals surface area contributed by atoms with Crippen LogP contribution in [0.15, 0.2) is 52.0 Å². The quantitative estimate of drug-likeness (QED) is 0.584. The smallest absolute Gasteiger partial charge is 0.287 e. The van der Waals surface area contributed by atoms with Crippen molar-refractivity contribution in [2.24, 2.45) is 0 Å². The number of furan rings is 1. The van der Waals surface area contributed by atoms with Crippen LogP contribution in [0.3, 0.4) is 0 Å². The van der Waals surface area contributed by atoms with Crippen molar-refractivity contribution in [1.29, 1.82) is 0 Å². The number of ketones is 1. The van der Waals surface area contributed by atoms with Gasteiger partial charge in [0.1, 0.15) is 0 Å². The lowest BCUT2D eigenvalue weighted by Gasteiger charge is -2.08.